The zero-order valence-electron chi connectivity index (χ0n) is 6.82. The van der Waals surface area contributed by atoms with Crippen molar-refractivity contribution in [3.8, 4) is 0 Å². The molecular weight excluding hydrogens is 146 g/mol. The van der Waals surface area contributed by atoms with Crippen molar-refractivity contribution in [3.63, 3.8) is 0 Å². The second-order valence-corrected chi connectivity index (χ2v) is 3.36. The molecule has 0 aromatic heterocycles. The van der Waals surface area contributed by atoms with E-state index in [2.05, 4.69) is 0 Å². The Labute approximate surface area is 66.0 Å². The Bertz CT molecular complexity index is 135. The summed E-state index contributed by atoms with van der Waals surface area (Å²) in [6.45, 7) is 3.24. The molecule has 0 saturated carbocycles. The summed E-state index contributed by atoms with van der Waals surface area (Å²) in [5, 5.41) is 18.7. The molecule has 1 rings (SSSR count). The van der Waals surface area contributed by atoms with Crippen molar-refractivity contribution in [1.82, 2.24) is 0 Å². The van der Waals surface area contributed by atoms with Crippen molar-refractivity contribution >= 4 is 0 Å². The normalized spacial score (nSPS) is 52.6. The number of nitrogens with two attached hydrogens (primary N) is 1. The smallest absolute Gasteiger partial charge is 0.164 e. The Kier molecular flexibility index (Phi) is 2.20. The number of hydrogen-bond donors (Lipinski definition) is 3. The van der Waals surface area contributed by atoms with Gasteiger partial charge in [-0.05, 0) is 13.8 Å². The van der Waals surface area contributed by atoms with Crippen molar-refractivity contribution in [2.75, 3.05) is 0 Å². The van der Waals surface area contributed by atoms with E-state index in [9.17, 15) is 10.2 Å². The number of rotatable bonds is 0. The second-order valence-electron chi connectivity index (χ2n) is 3.36. The average molecular weight is 161 g/mol. The van der Waals surface area contributed by atoms with Crippen LogP contribution in [0.4, 0.5) is 0 Å². The van der Waals surface area contributed by atoms with Gasteiger partial charge in [-0.25, -0.2) is 0 Å². The molecule has 1 heterocycles. The first kappa shape index (κ1) is 8.93. The van der Waals surface area contributed by atoms with Gasteiger partial charge < -0.3 is 20.7 Å². The van der Waals surface area contributed by atoms with Crippen LogP contribution in [0.3, 0.4) is 0 Å². The quantitative estimate of drug-likeness (QED) is 0.434. The van der Waals surface area contributed by atoms with Gasteiger partial charge in [0.25, 0.3) is 0 Å². The van der Waals surface area contributed by atoms with Crippen LogP contribution in [0, 0.1) is 0 Å². The lowest BCUT2D eigenvalue weighted by Gasteiger charge is -2.39. The van der Waals surface area contributed by atoms with Crippen LogP contribution in [-0.4, -0.2) is 34.2 Å². The highest BCUT2D eigenvalue weighted by atomic mass is 16.6. The van der Waals surface area contributed by atoms with E-state index in [1.807, 2.05) is 0 Å². The largest absolute Gasteiger partial charge is 0.389 e. The van der Waals surface area contributed by atoms with E-state index in [1.165, 1.54) is 0 Å². The van der Waals surface area contributed by atoms with Crippen LogP contribution < -0.4 is 5.73 Å². The van der Waals surface area contributed by atoms with Gasteiger partial charge in [0.05, 0.1) is 12.2 Å². The van der Waals surface area contributed by atoms with Gasteiger partial charge in [0.15, 0.2) is 5.79 Å². The molecule has 66 valence electrons. The van der Waals surface area contributed by atoms with E-state index < -0.39 is 24.0 Å². The number of ether oxygens (including phenoxy) is 1. The molecule has 11 heavy (non-hydrogen) atoms. The van der Waals surface area contributed by atoms with Crippen LogP contribution in [0.25, 0.3) is 0 Å². The summed E-state index contributed by atoms with van der Waals surface area (Å²) >= 11 is 0. The summed E-state index contributed by atoms with van der Waals surface area (Å²) in [6.07, 6.45) is -0.789. The zero-order valence-corrected chi connectivity index (χ0v) is 6.82. The molecule has 1 unspecified atom stereocenters. The van der Waals surface area contributed by atoms with Gasteiger partial charge in [0.2, 0.25) is 0 Å². The monoisotopic (exact) mass is 161 g/mol. The predicted octanol–water partition coefficient (Wildman–Crippen LogP) is -0.808. The molecule has 1 aliphatic heterocycles. The fraction of sp³-hybridized carbons (Fsp3) is 1.00. The highest BCUT2D eigenvalue weighted by Gasteiger charge is 2.38. The predicted molar refractivity (Wildman–Crippen MR) is 39.8 cm³/mol. The molecule has 0 aliphatic carbocycles. The van der Waals surface area contributed by atoms with E-state index in [0.29, 0.717) is 0 Å². The molecule has 1 aliphatic rings. The summed E-state index contributed by atoms with van der Waals surface area (Å²) in [5.41, 5.74) is 5.55. The third-order valence-corrected chi connectivity index (χ3v) is 1.97. The van der Waals surface area contributed by atoms with Crippen LogP contribution in [0.15, 0.2) is 0 Å². The topological polar surface area (TPSA) is 75.7 Å². The highest BCUT2D eigenvalue weighted by Crippen LogP contribution is 2.25. The van der Waals surface area contributed by atoms with Gasteiger partial charge in [-0.3, -0.25) is 0 Å². The highest BCUT2D eigenvalue weighted by molar-refractivity contribution is 4.87. The molecule has 1 saturated heterocycles. The summed E-state index contributed by atoms with van der Waals surface area (Å²) < 4.78 is 5.08. The summed E-state index contributed by atoms with van der Waals surface area (Å²) in [7, 11) is 0. The maximum atomic E-state index is 9.42. The molecule has 0 bridgehead atoms. The van der Waals surface area contributed by atoms with Crippen LogP contribution in [0.5, 0.6) is 0 Å². The van der Waals surface area contributed by atoms with Crippen LogP contribution in [0.1, 0.15) is 20.3 Å². The Balaban J connectivity index is 2.62. The Morgan fingerprint density at radius 1 is 1.64 bits per heavy atom. The van der Waals surface area contributed by atoms with Gasteiger partial charge >= 0.3 is 0 Å². The lowest BCUT2D eigenvalue weighted by Crippen LogP contribution is -2.55. The molecule has 0 amide bonds. The zero-order chi connectivity index (χ0) is 8.65. The minimum atomic E-state index is -1.18. The third-order valence-electron chi connectivity index (χ3n) is 1.97. The van der Waals surface area contributed by atoms with E-state index in [1.54, 1.807) is 13.8 Å². The van der Waals surface area contributed by atoms with Crippen molar-refractivity contribution in [2.45, 2.75) is 44.3 Å². The van der Waals surface area contributed by atoms with Crippen LogP contribution in [0.2, 0.25) is 0 Å². The molecule has 0 spiro atoms. The van der Waals surface area contributed by atoms with E-state index >= 15 is 0 Å². The van der Waals surface area contributed by atoms with E-state index in [4.69, 9.17) is 10.5 Å². The minimum Gasteiger partial charge on any atom is -0.389 e. The van der Waals surface area contributed by atoms with Gasteiger partial charge in [-0.15, -0.1) is 0 Å². The standard InChI is InChI=1S/C7H15NO3/c1-4-6(9)5(8)3-7(2,10)11-4/h4-6,9-10H,3,8H2,1-2H3/t4-,5-,6+,7?/m0/s1. The summed E-state index contributed by atoms with van der Waals surface area (Å²) in [6, 6.07) is -0.395. The SMILES string of the molecule is C[C@@H]1OC(C)(O)C[C@H](N)[C@@H]1O. The maximum absolute atomic E-state index is 9.42. The average Bonchev–Trinajstić information content (AvgIpc) is 1.81. The number of aliphatic hydroxyl groups excluding tert-OH is 1. The first-order valence-corrected chi connectivity index (χ1v) is 3.76. The van der Waals surface area contributed by atoms with Crippen LogP contribution >= 0.6 is 0 Å². The van der Waals surface area contributed by atoms with Gasteiger partial charge in [-0.1, -0.05) is 0 Å². The lowest BCUT2D eigenvalue weighted by atomic mass is 9.96. The molecule has 0 radical (unpaired) electrons. The molecule has 1 fully saturated rings. The molecule has 4 N–H and O–H groups in total. The molecular formula is C7H15NO3. The number of aliphatic hydroxyl groups is 2. The van der Waals surface area contributed by atoms with Crippen molar-refractivity contribution in [3.05, 3.63) is 0 Å². The van der Waals surface area contributed by atoms with E-state index in [-0.39, 0.29) is 6.42 Å². The van der Waals surface area contributed by atoms with Crippen molar-refractivity contribution < 1.29 is 14.9 Å². The third kappa shape index (κ3) is 1.90. The van der Waals surface area contributed by atoms with Crippen molar-refractivity contribution in [2.24, 2.45) is 5.73 Å². The molecule has 4 heteroatoms. The lowest BCUT2D eigenvalue weighted by molar-refractivity contribution is -0.266. The minimum absolute atomic E-state index is 0.276. The van der Waals surface area contributed by atoms with Gasteiger partial charge in [0.1, 0.15) is 0 Å². The molecule has 4 nitrogen and oxygen atoms in total. The second kappa shape index (κ2) is 2.71. The molecule has 0 aromatic carbocycles. The molecule has 0 aromatic rings. The first-order chi connectivity index (χ1) is 4.92. The Morgan fingerprint density at radius 2 is 2.18 bits per heavy atom. The summed E-state index contributed by atoms with van der Waals surface area (Å²) in [5.74, 6) is -1.18. The Morgan fingerprint density at radius 3 is 2.64 bits per heavy atom. The molecule has 4 atom stereocenters. The fourth-order valence-electron chi connectivity index (χ4n) is 1.42. The van der Waals surface area contributed by atoms with Crippen molar-refractivity contribution in [1.29, 1.82) is 0 Å². The summed E-state index contributed by atoms with van der Waals surface area (Å²) in [4.78, 5) is 0. The first-order valence-electron chi connectivity index (χ1n) is 3.76. The fourth-order valence-corrected chi connectivity index (χ4v) is 1.42. The van der Waals surface area contributed by atoms with Crippen LogP contribution in [-0.2, 0) is 4.74 Å². The number of hydrogen-bond acceptors (Lipinski definition) is 4. The van der Waals surface area contributed by atoms with E-state index in [0.717, 1.165) is 0 Å². The van der Waals surface area contributed by atoms with Gasteiger partial charge in [-0.2, -0.15) is 0 Å². The van der Waals surface area contributed by atoms with Gasteiger partial charge in [0, 0.05) is 12.5 Å². The Hall–Kier alpha value is -0.160. The maximum Gasteiger partial charge on any atom is 0.164 e.